The Bertz CT molecular complexity index is 618. The van der Waals surface area contributed by atoms with E-state index in [-0.39, 0.29) is 30.5 Å². The van der Waals surface area contributed by atoms with Crippen molar-refractivity contribution in [1.82, 2.24) is 4.90 Å². The van der Waals surface area contributed by atoms with Crippen molar-refractivity contribution in [2.75, 3.05) is 13.1 Å². The maximum atomic E-state index is 12.5. The Morgan fingerprint density at radius 2 is 2.00 bits per heavy atom. The minimum Gasteiger partial charge on any atom is -0.481 e. The van der Waals surface area contributed by atoms with Crippen molar-refractivity contribution in [3.63, 3.8) is 0 Å². The van der Waals surface area contributed by atoms with E-state index < -0.39 is 18.2 Å². The van der Waals surface area contributed by atoms with Crippen LogP contribution < -0.4 is 4.74 Å². The van der Waals surface area contributed by atoms with Gasteiger partial charge in [0.2, 0.25) is 5.91 Å². The first-order valence-corrected chi connectivity index (χ1v) is 7.58. The molecular weight excluding hydrogens is 327 g/mol. The summed E-state index contributed by atoms with van der Waals surface area (Å²) in [5.74, 6) is -2.30. The van der Waals surface area contributed by atoms with Gasteiger partial charge in [-0.3, -0.25) is 9.59 Å². The van der Waals surface area contributed by atoms with Gasteiger partial charge in [-0.2, -0.15) is 0 Å². The van der Waals surface area contributed by atoms with E-state index in [0.29, 0.717) is 18.5 Å². The number of halogens is 3. The first-order valence-electron chi connectivity index (χ1n) is 7.58. The number of hydrogen-bond donors (Lipinski definition) is 1. The van der Waals surface area contributed by atoms with Gasteiger partial charge in [-0.15, -0.1) is 13.2 Å². The van der Waals surface area contributed by atoms with Crippen molar-refractivity contribution in [1.29, 1.82) is 0 Å². The number of rotatable bonds is 7. The van der Waals surface area contributed by atoms with E-state index in [0.717, 1.165) is 0 Å². The number of carbonyl (C=O) groups is 2. The van der Waals surface area contributed by atoms with Crippen molar-refractivity contribution in [3.8, 4) is 5.75 Å². The highest BCUT2D eigenvalue weighted by Gasteiger charge is 2.47. The standard InChI is InChI=1S/C16H18F3NO4/c1-2-20(8-7-14(21)22)15(23)12-9-11(12)10-5-3-4-6-13(10)24-16(17,18)19/h3-6,11-12H,2,7-9H2,1H3,(H,21,22)/t11-,12+/m0/s1. The van der Waals surface area contributed by atoms with Gasteiger partial charge in [0.15, 0.2) is 0 Å². The van der Waals surface area contributed by atoms with Crippen LogP contribution in [0.4, 0.5) is 13.2 Å². The number of carbonyl (C=O) groups excluding carboxylic acids is 1. The van der Waals surface area contributed by atoms with E-state index in [1.54, 1.807) is 13.0 Å². The number of para-hydroxylation sites is 1. The predicted octanol–water partition coefficient (Wildman–Crippen LogP) is 3.01. The highest BCUT2D eigenvalue weighted by molar-refractivity contribution is 5.83. The average molecular weight is 345 g/mol. The summed E-state index contributed by atoms with van der Waals surface area (Å²) < 4.78 is 41.4. The van der Waals surface area contributed by atoms with Crippen LogP contribution in [0.3, 0.4) is 0 Å². The quantitative estimate of drug-likeness (QED) is 0.825. The van der Waals surface area contributed by atoms with E-state index in [9.17, 15) is 22.8 Å². The van der Waals surface area contributed by atoms with Crippen molar-refractivity contribution in [2.45, 2.75) is 32.0 Å². The normalized spacial score (nSPS) is 19.7. The number of amides is 1. The van der Waals surface area contributed by atoms with E-state index in [4.69, 9.17) is 5.11 Å². The lowest BCUT2D eigenvalue weighted by atomic mass is 10.1. The lowest BCUT2D eigenvalue weighted by molar-refractivity contribution is -0.274. The SMILES string of the molecule is CCN(CCC(=O)O)C(=O)[C@@H]1C[C@H]1c1ccccc1OC(F)(F)F. The first kappa shape index (κ1) is 18.1. The molecule has 1 saturated carbocycles. The number of alkyl halides is 3. The number of benzene rings is 1. The number of hydrogen-bond acceptors (Lipinski definition) is 3. The molecule has 132 valence electrons. The van der Waals surface area contributed by atoms with Gasteiger partial charge in [0.25, 0.3) is 0 Å². The summed E-state index contributed by atoms with van der Waals surface area (Å²) in [7, 11) is 0. The summed E-state index contributed by atoms with van der Waals surface area (Å²) in [4.78, 5) is 24.5. The van der Waals surface area contributed by atoms with Gasteiger partial charge < -0.3 is 14.7 Å². The van der Waals surface area contributed by atoms with Crippen LogP contribution in [0, 0.1) is 5.92 Å². The molecule has 1 aromatic carbocycles. The number of carboxylic acid groups (broad SMARTS) is 1. The Kier molecular flexibility index (Phi) is 5.36. The molecule has 1 aliphatic rings. The maximum Gasteiger partial charge on any atom is 0.573 e. The molecule has 5 nitrogen and oxygen atoms in total. The number of ether oxygens (including phenoxy) is 1. The lowest BCUT2D eigenvalue weighted by Gasteiger charge is -2.20. The van der Waals surface area contributed by atoms with E-state index in [2.05, 4.69) is 4.74 Å². The Morgan fingerprint density at radius 3 is 2.58 bits per heavy atom. The predicted molar refractivity (Wildman–Crippen MR) is 78.5 cm³/mol. The molecule has 1 fully saturated rings. The van der Waals surface area contributed by atoms with E-state index in [1.807, 2.05) is 0 Å². The minimum atomic E-state index is -4.79. The zero-order valence-corrected chi connectivity index (χ0v) is 13.0. The van der Waals surface area contributed by atoms with E-state index in [1.165, 1.54) is 23.1 Å². The molecule has 0 radical (unpaired) electrons. The summed E-state index contributed by atoms with van der Waals surface area (Å²) in [5, 5.41) is 8.71. The Hall–Kier alpha value is -2.25. The van der Waals surface area contributed by atoms with Crippen molar-refractivity contribution < 1.29 is 32.6 Å². The van der Waals surface area contributed by atoms with Gasteiger partial charge in [-0.05, 0) is 30.9 Å². The molecule has 24 heavy (non-hydrogen) atoms. The molecule has 2 rings (SSSR count). The minimum absolute atomic E-state index is 0.0918. The molecule has 0 aliphatic heterocycles. The van der Waals surface area contributed by atoms with Crippen LogP contribution in [0.25, 0.3) is 0 Å². The maximum absolute atomic E-state index is 12.5. The zero-order chi connectivity index (χ0) is 17.9. The summed E-state index contributed by atoms with van der Waals surface area (Å²) in [6.07, 6.45) is -4.52. The monoisotopic (exact) mass is 345 g/mol. The number of aliphatic carboxylic acids is 1. The van der Waals surface area contributed by atoms with Crippen molar-refractivity contribution >= 4 is 11.9 Å². The van der Waals surface area contributed by atoms with Gasteiger partial charge in [0.05, 0.1) is 6.42 Å². The van der Waals surface area contributed by atoms with Crippen LogP contribution in [0.1, 0.15) is 31.2 Å². The smallest absolute Gasteiger partial charge is 0.481 e. The van der Waals surface area contributed by atoms with Crippen LogP contribution in [-0.4, -0.2) is 41.3 Å². The Balaban J connectivity index is 2.06. The van der Waals surface area contributed by atoms with Crippen LogP contribution >= 0.6 is 0 Å². The zero-order valence-electron chi connectivity index (χ0n) is 13.0. The first-order chi connectivity index (χ1) is 11.2. The molecule has 1 aromatic rings. The highest BCUT2D eigenvalue weighted by atomic mass is 19.4. The second-order valence-corrected chi connectivity index (χ2v) is 5.60. The van der Waals surface area contributed by atoms with Crippen molar-refractivity contribution in [2.24, 2.45) is 5.92 Å². The molecule has 0 aromatic heterocycles. The van der Waals surface area contributed by atoms with Crippen LogP contribution in [0.2, 0.25) is 0 Å². The molecule has 0 bridgehead atoms. The Labute approximate surface area is 137 Å². The van der Waals surface area contributed by atoms with Crippen LogP contribution in [-0.2, 0) is 9.59 Å². The largest absolute Gasteiger partial charge is 0.573 e. The number of carboxylic acids is 1. The fraction of sp³-hybridized carbons (Fsp3) is 0.500. The molecular formula is C16H18F3NO4. The average Bonchev–Trinajstić information content (AvgIpc) is 3.26. The molecule has 0 saturated heterocycles. The second kappa shape index (κ2) is 7.11. The third-order valence-corrected chi connectivity index (χ3v) is 3.94. The lowest BCUT2D eigenvalue weighted by Crippen LogP contribution is -2.34. The van der Waals surface area contributed by atoms with Gasteiger partial charge >= 0.3 is 12.3 Å². The molecule has 2 atom stereocenters. The number of nitrogens with zero attached hydrogens (tertiary/aromatic N) is 1. The molecule has 8 heteroatoms. The molecule has 0 unspecified atom stereocenters. The third-order valence-electron chi connectivity index (χ3n) is 3.94. The fourth-order valence-electron chi connectivity index (χ4n) is 2.71. The molecule has 1 N–H and O–H groups in total. The van der Waals surface area contributed by atoms with Crippen molar-refractivity contribution in [3.05, 3.63) is 29.8 Å². The summed E-state index contributed by atoms with van der Waals surface area (Å²) in [6, 6.07) is 5.78. The van der Waals surface area contributed by atoms with Gasteiger partial charge in [-0.1, -0.05) is 18.2 Å². The van der Waals surface area contributed by atoms with Gasteiger partial charge in [0, 0.05) is 19.0 Å². The van der Waals surface area contributed by atoms with Crippen LogP contribution in [0.15, 0.2) is 24.3 Å². The van der Waals surface area contributed by atoms with Gasteiger partial charge in [-0.25, -0.2) is 0 Å². The Morgan fingerprint density at radius 1 is 1.33 bits per heavy atom. The third kappa shape index (κ3) is 4.62. The summed E-state index contributed by atoms with van der Waals surface area (Å²) >= 11 is 0. The molecule has 1 amide bonds. The molecule has 0 spiro atoms. The van der Waals surface area contributed by atoms with Crippen LogP contribution in [0.5, 0.6) is 5.75 Å². The summed E-state index contributed by atoms with van der Waals surface area (Å²) in [6.45, 7) is 2.18. The van der Waals surface area contributed by atoms with E-state index >= 15 is 0 Å². The summed E-state index contributed by atoms with van der Waals surface area (Å²) in [5.41, 5.74) is 0.350. The highest BCUT2D eigenvalue weighted by Crippen LogP contribution is 2.51. The van der Waals surface area contributed by atoms with Gasteiger partial charge in [0.1, 0.15) is 5.75 Å². The molecule has 0 heterocycles. The molecule has 1 aliphatic carbocycles. The second-order valence-electron chi connectivity index (χ2n) is 5.60. The fourth-order valence-corrected chi connectivity index (χ4v) is 2.71. The topological polar surface area (TPSA) is 66.8 Å².